The van der Waals surface area contributed by atoms with E-state index in [9.17, 15) is 28.0 Å². The number of nitriles is 1. The average molecular weight is 400 g/mol. The molecular weight excluding hydrogens is 381 g/mol. The van der Waals surface area contributed by atoms with Gasteiger partial charge in [-0.1, -0.05) is 19.9 Å². The first-order valence-electron chi connectivity index (χ1n) is 8.23. The summed E-state index contributed by atoms with van der Waals surface area (Å²) in [5.74, 6) is -2.93. The molecule has 2 rings (SSSR count). The number of Topliss-reactive ketones (excluding diaryl/α,β-unsaturated/α-hetero) is 1. The molecule has 1 aliphatic carbocycles. The Labute approximate surface area is 159 Å². The summed E-state index contributed by atoms with van der Waals surface area (Å²) in [6, 6.07) is 6.49. The molecule has 0 amide bonds. The van der Waals surface area contributed by atoms with Gasteiger partial charge < -0.3 is 4.74 Å². The number of esters is 1. The van der Waals surface area contributed by atoms with Crippen LogP contribution in [0.2, 0.25) is 0 Å². The molecule has 2 unspecified atom stereocenters. The fraction of sp³-hybridized carbons (Fsp3) is 0.556. The summed E-state index contributed by atoms with van der Waals surface area (Å²) in [7, 11) is 0. The maximum absolute atomic E-state index is 12.8. The molecular formula is C18H19F3N2O3S. The van der Waals surface area contributed by atoms with Crippen LogP contribution in [0, 0.1) is 28.6 Å². The maximum Gasteiger partial charge on any atom is 0.491 e. The number of carbonyl (C=O) groups is 2. The lowest BCUT2D eigenvalue weighted by atomic mass is 9.52. The molecule has 5 nitrogen and oxygen atoms in total. The quantitative estimate of drug-likeness (QED) is 0.406. The van der Waals surface area contributed by atoms with Crippen LogP contribution in [-0.4, -0.2) is 27.8 Å². The Hall–Kier alpha value is -2.08. The minimum Gasteiger partial charge on any atom is -0.427 e. The van der Waals surface area contributed by atoms with Crippen LogP contribution < -0.4 is 0 Å². The van der Waals surface area contributed by atoms with Crippen LogP contribution in [0.15, 0.2) is 29.4 Å². The van der Waals surface area contributed by atoms with Crippen molar-refractivity contribution in [2.24, 2.45) is 17.3 Å². The Bertz CT molecular complexity index is 761. The van der Waals surface area contributed by atoms with E-state index in [1.807, 2.05) is 13.8 Å². The molecule has 0 N–H and O–H groups in total. The molecule has 1 fully saturated rings. The zero-order valence-electron chi connectivity index (χ0n) is 15.0. The Morgan fingerprint density at radius 1 is 1.41 bits per heavy atom. The maximum atomic E-state index is 12.8. The lowest BCUT2D eigenvalue weighted by Gasteiger charge is -2.52. The monoisotopic (exact) mass is 400 g/mol. The zero-order chi connectivity index (χ0) is 20.5. The van der Waals surface area contributed by atoms with Gasteiger partial charge in [0.2, 0.25) is 0 Å². The fourth-order valence-corrected chi connectivity index (χ4v) is 4.40. The van der Waals surface area contributed by atoms with Gasteiger partial charge in [0.1, 0.15) is 16.9 Å². The number of pyridine rings is 1. The van der Waals surface area contributed by atoms with Crippen molar-refractivity contribution >= 4 is 23.5 Å². The Kier molecular flexibility index (Phi) is 5.90. The standard InChI is InChI=1S/C18H19F3N2O3S/c1-11(24)13-8-12(16(13,2)3)9-17(10-22,26-15(25)18(19,20)21)27-14-6-4-5-7-23-14/h4-7,12-13H,8-9H2,1-3H3/t12?,13-,17?/m1/s1. The number of carbonyl (C=O) groups excluding carboxylic acids is 2. The largest absolute Gasteiger partial charge is 0.491 e. The molecule has 0 saturated heterocycles. The first-order chi connectivity index (χ1) is 12.4. The van der Waals surface area contributed by atoms with Gasteiger partial charge in [-0.25, -0.2) is 9.78 Å². The van der Waals surface area contributed by atoms with Crippen LogP contribution in [-0.2, 0) is 14.3 Å². The number of halogens is 3. The van der Waals surface area contributed by atoms with E-state index in [2.05, 4.69) is 9.72 Å². The first-order valence-corrected chi connectivity index (χ1v) is 9.05. The van der Waals surface area contributed by atoms with E-state index in [-0.39, 0.29) is 29.1 Å². The van der Waals surface area contributed by atoms with E-state index >= 15 is 0 Å². The van der Waals surface area contributed by atoms with E-state index in [0.717, 1.165) is 0 Å². The lowest BCUT2D eigenvalue weighted by Crippen LogP contribution is -2.51. The number of ketones is 1. The number of hydrogen-bond acceptors (Lipinski definition) is 6. The third-order valence-electron chi connectivity index (χ3n) is 5.04. The summed E-state index contributed by atoms with van der Waals surface area (Å²) in [5, 5.41) is 9.91. The number of alkyl halides is 3. The summed E-state index contributed by atoms with van der Waals surface area (Å²) in [5.41, 5.74) is -0.511. The first kappa shape index (κ1) is 21.2. The predicted molar refractivity (Wildman–Crippen MR) is 91.3 cm³/mol. The van der Waals surface area contributed by atoms with Crippen LogP contribution in [0.4, 0.5) is 13.2 Å². The van der Waals surface area contributed by atoms with Gasteiger partial charge in [-0.05, 0) is 48.6 Å². The van der Waals surface area contributed by atoms with Crippen molar-refractivity contribution in [3.63, 3.8) is 0 Å². The number of ether oxygens (including phenoxy) is 1. The van der Waals surface area contributed by atoms with E-state index in [4.69, 9.17) is 0 Å². The number of nitrogens with zero attached hydrogens (tertiary/aromatic N) is 2. The number of thioether (sulfide) groups is 1. The molecule has 1 heterocycles. The second-order valence-corrected chi connectivity index (χ2v) is 8.43. The molecule has 1 aromatic heterocycles. The summed E-state index contributed by atoms with van der Waals surface area (Å²) in [6.07, 6.45) is -3.50. The van der Waals surface area contributed by atoms with Crippen molar-refractivity contribution < 1.29 is 27.5 Å². The van der Waals surface area contributed by atoms with E-state index < -0.39 is 22.5 Å². The molecule has 0 aliphatic heterocycles. The number of rotatable bonds is 6. The topological polar surface area (TPSA) is 80.0 Å². The molecule has 1 aliphatic rings. The summed E-state index contributed by atoms with van der Waals surface area (Å²) >= 11 is 0.668. The number of hydrogen-bond donors (Lipinski definition) is 0. The minimum atomic E-state index is -5.22. The van der Waals surface area contributed by atoms with Gasteiger partial charge in [0, 0.05) is 18.5 Å². The van der Waals surface area contributed by atoms with Crippen LogP contribution in [0.25, 0.3) is 0 Å². The second kappa shape index (κ2) is 7.50. The van der Waals surface area contributed by atoms with Crippen molar-refractivity contribution in [1.29, 1.82) is 5.26 Å². The molecule has 0 aromatic carbocycles. The molecule has 1 saturated carbocycles. The minimum absolute atomic E-state index is 0.0107. The van der Waals surface area contributed by atoms with E-state index in [1.54, 1.807) is 18.2 Å². The zero-order valence-corrected chi connectivity index (χ0v) is 15.9. The van der Waals surface area contributed by atoms with Gasteiger partial charge in [0.25, 0.3) is 4.93 Å². The van der Waals surface area contributed by atoms with Gasteiger partial charge in [-0.2, -0.15) is 18.4 Å². The summed E-state index contributed by atoms with van der Waals surface area (Å²) in [4.78, 5) is 25.1. The fourth-order valence-electron chi connectivity index (χ4n) is 3.36. The molecule has 0 bridgehead atoms. The van der Waals surface area contributed by atoms with Gasteiger partial charge in [0.05, 0.1) is 0 Å². The highest BCUT2D eigenvalue weighted by Crippen LogP contribution is 2.56. The third-order valence-corrected chi connectivity index (χ3v) is 6.16. The molecule has 9 heteroatoms. The normalized spacial score (nSPS) is 23.4. The Morgan fingerprint density at radius 2 is 2.07 bits per heavy atom. The average Bonchev–Trinajstić information content (AvgIpc) is 2.57. The van der Waals surface area contributed by atoms with E-state index in [0.29, 0.717) is 18.2 Å². The van der Waals surface area contributed by atoms with Crippen LogP contribution >= 0.6 is 11.8 Å². The molecule has 1 aromatic rings. The van der Waals surface area contributed by atoms with Crippen molar-refractivity contribution in [3.8, 4) is 6.07 Å². The highest BCUT2D eigenvalue weighted by atomic mass is 32.2. The van der Waals surface area contributed by atoms with Crippen LogP contribution in [0.5, 0.6) is 0 Å². The van der Waals surface area contributed by atoms with Gasteiger partial charge in [-0.15, -0.1) is 0 Å². The Morgan fingerprint density at radius 3 is 2.52 bits per heavy atom. The Balaban J connectivity index is 2.30. The smallest absolute Gasteiger partial charge is 0.427 e. The molecule has 0 spiro atoms. The number of aromatic nitrogens is 1. The third kappa shape index (κ3) is 4.61. The lowest BCUT2D eigenvalue weighted by molar-refractivity contribution is -0.206. The molecule has 0 radical (unpaired) electrons. The van der Waals surface area contributed by atoms with Crippen molar-refractivity contribution in [3.05, 3.63) is 24.4 Å². The van der Waals surface area contributed by atoms with Crippen molar-refractivity contribution in [1.82, 2.24) is 4.98 Å². The summed E-state index contributed by atoms with van der Waals surface area (Å²) < 4.78 is 42.9. The predicted octanol–water partition coefficient (Wildman–Crippen LogP) is 4.14. The van der Waals surface area contributed by atoms with Crippen molar-refractivity contribution in [2.75, 3.05) is 0 Å². The molecule has 146 valence electrons. The van der Waals surface area contributed by atoms with Crippen LogP contribution in [0.3, 0.4) is 0 Å². The van der Waals surface area contributed by atoms with Crippen molar-refractivity contribution in [2.45, 2.75) is 49.7 Å². The van der Waals surface area contributed by atoms with Crippen LogP contribution in [0.1, 0.15) is 33.6 Å². The molecule has 3 atom stereocenters. The molecule has 27 heavy (non-hydrogen) atoms. The van der Waals surface area contributed by atoms with Gasteiger partial charge in [0.15, 0.2) is 0 Å². The summed E-state index contributed by atoms with van der Waals surface area (Å²) in [6.45, 7) is 5.12. The SMILES string of the molecule is CC(=O)[C@H]1CC(CC(C#N)(OC(=O)C(F)(F)F)Sc2ccccn2)C1(C)C. The van der Waals surface area contributed by atoms with Gasteiger partial charge >= 0.3 is 12.1 Å². The highest BCUT2D eigenvalue weighted by molar-refractivity contribution is 8.00. The highest BCUT2D eigenvalue weighted by Gasteiger charge is 2.56. The van der Waals surface area contributed by atoms with Gasteiger partial charge in [-0.3, -0.25) is 4.79 Å². The van der Waals surface area contributed by atoms with E-state index in [1.165, 1.54) is 19.2 Å². The second-order valence-electron chi connectivity index (χ2n) is 7.14.